The van der Waals surface area contributed by atoms with Gasteiger partial charge in [-0.2, -0.15) is 0 Å². The number of hydrogen-bond acceptors (Lipinski definition) is 3. The zero-order chi connectivity index (χ0) is 12.2. The Morgan fingerprint density at radius 1 is 1.06 bits per heavy atom. The summed E-state index contributed by atoms with van der Waals surface area (Å²) in [5.74, 6) is 1.79. The molecule has 0 aromatic heterocycles. The van der Waals surface area contributed by atoms with Crippen LogP contribution < -0.4 is 14.7 Å². The molecule has 0 spiro atoms. The first-order chi connectivity index (χ1) is 7.50. The van der Waals surface area contributed by atoms with Crippen molar-refractivity contribution in [2.45, 2.75) is 19.6 Å². The van der Waals surface area contributed by atoms with Crippen molar-refractivity contribution in [1.82, 2.24) is 0 Å². The molecule has 0 aliphatic heterocycles. The van der Waals surface area contributed by atoms with E-state index >= 15 is 0 Å². The predicted octanol–water partition coefficient (Wildman–Crippen LogP) is 2.22. The van der Waals surface area contributed by atoms with E-state index in [9.17, 15) is 0 Å². The molecule has 1 rings (SSSR count). The van der Waals surface area contributed by atoms with E-state index in [0.717, 1.165) is 11.5 Å². The van der Waals surface area contributed by atoms with E-state index in [2.05, 4.69) is 19.6 Å². The topological polar surface area (TPSA) is 27.7 Å². The summed E-state index contributed by atoms with van der Waals surface area (Å²) in [7, 11) is 1.81. The summed E-state index contributed by atoms with van der Waals surface area (Å²) in [5, 5.41) is 1.20. The maximum absolute atomic E-state index is 5.59. The van der Waals surface area contributed by atoms with Gasteiger partial charge in [-0.25, -0.2) is 0 Å². The van der Waals surface area contributed by atoms with Crippen LogP contribution in [0.2, 0.25) is 19.6 Å². The number of benzene rings is 1. The van der Waals surface area contributed by atoms with Gasteiger partial charge in [-0.05, 0) is 12.1 Å². The predicted molar refractivity (Wildman–Crippen MR) is 68.5 cm³/mol. The maximum atomic E-state index is 5.59. The highest BCUT2D eigenvalue weighted by atomic mass is 28.3. The van der Waals surface area contributed by atoms with Crippen LogP contribution in [-0.4, -0.2) is 29.1 Å². The van der Waals surface area contributed by atoms with Gasteiger partial charge in [-0.1, -0.05) is 25.7 Å². The molecule has 16 heavy (non-hydrogen) atoms. The standard InChI is InChI=1S/C12H20O3Si/c1-13-9-15-11-8-6-7-10(14-2)12(11)16(3,4)5/h6-8H,9H2,1-5H3. The number of hydrogen-bond donors (Lipinski definition) is 0. The molecule has 0 unspecified atom stereocenters. The Kier molecular flexibility index (Phi) is 4.38. The Labute approximate surface area is 98.3 Å². The molecule has 0 aliphatic carbocycles. The smallest absolute Gasteiger partial charge is 0.188 e. The van der Waals surface area contributed by atoms with E-state index in [4.69, 9.17) is 14.2 Å². The fourth-order valence-corrected chi connectivity index (χ4v) is 3.48. The van der Waals surface area contributed by atoms with E-state index in [1.807, 2.05) is 18.2 Å². The molecule has 0 heterocycles. The normalized spacial score (nSPS) is 11.3. The number of ether oxygens (including phenoxy) is 3. The summed E-state index contributed by atoms with van der Waals surface area (Å²) in [6, 6.07) is 5.88. The van der Waals surface area contributed by atoms with Crippen LogP contribution in [0.25, 0.3) is 0 Å². The monoisotopic (exact) mass is 240 g/mol. The second-order valence-electron chi connectivity index (χ2n) is 4.63. The van der Waals surface area contributed by atoms with Gasteiger partial charge in [-0.15, -0.1) is 0 Å². The van der Waals surface area contributed by atoms with Gasteiger partial charge in [0.25, 0.3) is 0 Å². The molecule has 1 aromatic carbocycles. The third kappa shape index (κ3) is 2.99. The lowest BCUT2D eigenvalue weighted by Gasteiger charge is -2.23. The van der Waals surface area contributed by atoms with Crippen molar-refractivity contribution >= 4 is 13.3 Å². The highest BCUT2D eigenvalue weighted by Gasteiger charge is 2.25. The first-order valence-electron chi connectivity index (χ1n) is 5.30. The molecular weight excluding hydrogens is 220 g/mol. The van der Waals surface area contributed by atoms with Crippen molar-refractivity contribution in [2.24, 2.45) is 0 Å². The Balaban J connectivity index is 3.16. The van der Waals surface area contributed by atoms with Crippen LogP contribution >= 0.6 is 0 Å². The third-order valence-corrected chi connectivity index (χ3v) is 4.28. The maximum Gasteiger partial charge on any atom is 0.188 e. The molecular formula is C12H20O3Si. The van der Waals surface area contributed by atoms with E-state index in [1.165, 1.54) is 5.19 Å². The minimum Gasteiger partial charge on any atom is -0.497 e. The zero-order valence-electron chi connectivity index (χ0n) is 10.7. The molecule has 0 amide bonds. The molecule has 0 saturated heterocycles. The van der Waals surface area contributed by atoms with Crippen molar-refractivity contribution in [3.63, 3.8) is 0 Å². The lowest BCUT2D eigenvalue weighted by Crippen LogP contribution is -2.39. The number of methoxy groups -OCH3 is 2. The third-order valence-electron chi connectivity index (χ3n) is 2.29. The van der Waals surface area contributed by atoms with Crippen molar-refractivity contribution in [3.8, 4) is 11.5 Å². The van der Waals surface area contributed by atoms with Crippen LogP contribution in [0.4, 0.5) is 0 Å². The Bertz CT molecular complexity index is 345. The van der Waals surface area contributed by atoms with Gasteiger partial charge in [0.15, 0.2) is 6.79 Å². The van der Waals surface area contributed by atoms with E-state index in [0.29, 0.717) is 0 Å². The lowest BCUT2D eigenvalue weighted by molar-refractivity contribution is 0.0517. The molecule has 0 bridgehead atoms. The van der Waals surface area contributed by atoms with Crippen molar-refractivity contribution in [2.75, 3.05) is 21.0 Å². The van der Waals surface area contributed by atoms with Crippen LogP contribution in [0.3, 0.4) is 0 Å². The molecule has 0 aliphatic rings. The van der Waals surface area contributed by atoms with Gasteiger partial charge in [0.05, 0.1) is 15.2 Å². The molecule has 0 N–H and O–H groups in total. The summed E-state index contributed by atoms with van der Waals surface area (Å²) in [4.78, 5) is 0. The van der Waals surface area contributed by atoms with Crippen LogP contribution in [0.15, 0.2) is 18.2 Å². The number of rotatable bonds is 5. The van der Waals surface area contributed by atoms with Gasteiger partial charge in [-0.3, -0.25) is 0 Å². The summed E-state index contributed by atoms with van der Waals surface area (Å²) >= 11 is 0. The highest BCUT2D eigenvalue weighted by Crippen LogP contribution is 2.22. The van der Waals surface area contributed by atoms with Crippen molar-refractivity contribution in [3.05, 3.63) is 18.2 Å². The van der Waals surface area contributed by atoms with Crippen LogP contribution in [0, 0.1) is 0 Å². The summed E-state index contributed by atoms with van der Waals surface area (Å²) in [6.07, 6.45) is 0. The fourth-order valence-electron chi connectivity index (χ4n) is 1.66. The first kappa shape index (κ1) is 13.1. The second-order valence-corrected chi connectivity index (χ2v) is 9.63. The Hall–Kier alpha value is -1.00. The molecule has 0 radical (unpaired) electrons. The highest BCUT2D eigenvalue weighted by molar-refractivity contribution is 6.90. The SMILES string of the molecule is COCOc1cccc(OC)c1[Si](C)(C)C. The summed E-state index contributed by atoms with van der Waals surface area (Å²) in [5.41, 5.74) is 0. The second kappa shape index (κ2) is 5.36. The van der Waals surface area contributed by atoms with Crippen LogP contribution in [0.5, 0.6) is 11.5 Å². The quantitative estimate of drug-likeness (QED) is 0.583. The molecule has 3 nitrogen and oxygen atoms in total. The van der Waals surface area contributed by atoms with Crippen molar-refractivity contribution in [1.29, 1.82) is 0 Å². The van der Waals surface area contributed by atoms with E-state index in [1.54, 1.807) is 14.2 Å². The molecule has 0 atom stereocenters. The summed E-state index contributed by atoms with van der Waals surface area (Å²) in [6.45, 7) is 7.07. The molecule has 1 aromatic rings. The largest absolute Gasteiger partial charge is 0.497 e. The molecule has 0 saturated carbocycles. The fraction of sp³-hybridized carbons (Fsp3) is 0.500. The minimum atomic E-state index is -1.50. The van der Waals surface area contributed by atoms with Gasteiger partial charge in [0.1, 0.15) is 11.5 Å². The Morgan fingerprint density at radius 2 is 1.69 bits per heavy atom. The average Bonchev–Trinajstić information content (AvgIpc) is 2.24. The molecule has 4 heteroatoms. The van der Waals surface area contributed by atoms with Gasteiger partial charge in [0.2, 0.25) is 0 Å². The molecule has 90 valence electrons. The lowest BCUT2D eigenvalue weighted by atomic mass is 10.3. The zero-order valence-corrected chi connectivity index (χ0v) is 11.7. The van der Waals surface area contributed by atoms with Gasteiger partial charge in [0, 0.05) is 12.3 Å². The first-order valence-corrected chi connectivity index (χ1v) is 8.80. The minimum absolute atomic E-state index is 0.268. The van der Waals surface area contributed by atoms with Crippen LogP contribution in [-0.2, 0) is 4.74 Å². The summed E-state index contributed by atoms with van der Waals surface area (Å²) < 4.78 is 15.9. The molecule has 0 fully saturated rings. The van der Waals surface area contributed by atoms with Crippen molar-refractivity contribution < 1.29 is 14.2 Å². The van der Waals surface area contributed by atoms with Gasteiger partial charge < -0.3 is 14.2 Å². The average molecular weight is 240 g/mol. The van der Waals surface area contributed by atoms with Gasteiger partial charge >= 0.3 is 0 Å². The Morgan fingerprint density at radius 3 is 2.19 bits per heavy atom. The van der Waals surface area contributed by atoms with E-state index in [-0.39, 0.29) is 6.79 Å². The van der Waals surface area contributed by atoms with Crippen LogP contribution in [0.1, 0.15) is 0 Å². The van der Waals surface area contributed by atoms with E-state index < -0.39 is 8.07 Å².